The number of likely N-dealkylation sites (tertiary alicyclic amines) is 1. The number of hydrogen-bond donors (Lipinski definition) is 2. The van der Waals surface area contributed by atoms with Crippen molar-refractivity contribution in [3.8, 4) is 17.2 Å². The normalized spacial score (nSPS) is 14.5. The zero-order chi connectivity index (χ0) is 41.5. The third-order valence-corrected chi connectivity index (χ3v) is 14.0. The van der Waals surface area contributed by atoms with Gasteiger partial charge >= 0.3 is 24.1 Å². The highest BCUT2D eigenvalue weighted by Gasteiger charge is 2.39. The highest BCUT2D eigenvalue weighted by molar-refractivity contribution is 6.74. The highest BCUT2D eigenvalue weighted by atomic mass is 28.4. The fraction of sp³-hybridized carbons (Fsp3) is 0.475. The van der Waals surface area contributed by atoms with Crippen LogP contribution < -0.4 is 24.8 Å². The summed E-state index contributed by atoms with van der Waals surface area (Å²) in [5.74, 6) is -0.878. The van der Waals surface area contributed by atoms with Gasteiger partial charge in [0.15, 0.2) is 19.8 Å². The Morgan fingerprint density at radius 1 is 0.929 bits per heavy atom. The van der Waals surface area contributed by atoms with Crippen LogP contribution in [0.2, 0.25) is 18.1 Å². The van der Waals surface area contributed by atoms with Crippen molar-refractivity contribution in [2.75, 3.05) is 45.9 Å². The molecule has 2 atom stereocenters. The molecule has 2 N–H and O–H groups in total. The molecule has 0 bridgehead atoms. The monoisotopic (exact) mass is 797 g/mol. The van der Waals surface area contributed by atoms with Gasteiger partial charge in [0.2, 0.25) is 0 Å². The topological polar surface area (TPSA) is 177 Å². The van der Waals surface area contributed by atoms with E-state index in [-0.39, 0.29) is 66.6 Å². The van der Waals surface area contributed by atoms with Crippen LogP contribution >= 0.6 is 0 Å². The first-order valence-corrected chi connectivity index (χ1v) is 21.2. The van der Waals surface area contributed by atoms with Gasteiger partial charge in [0.25, 0.3) is 5.91 Å². The molecule has 0 saturated carbocycles. The first kappa shape index (κ1) is 45.0. The molecule has 1 saturated heterocycles. The Balaban J connectivity index is 1.65. The number of carbonyl (C=O) groups excluding carboxylic acids is 5. The maximum absolute atomic E-state index is 14.1. The molecule has 1 fully saturated rings. The molecule has 0 radical (unpaired) electrons. The Labute approximate surface area is 329 Å². The average Bonchev–Trinajstić information content (AvgIpc) is 3.64. The number of hydrogen-bond acceptors (Lipinski definition) is 12. The van der Waals surface area contributed by atoms with Crippen molar-refractivity contribution in [3.05, 3.63) is 72.8 Å². The quantitative estimate of drug-likeness (QED) is 0.0661. The Kier molecular flexibility index (Phi) is 17.0. The standard InChI is InChI=1S/C40H55N3O12Si/c1-10-21-51-35(44)19-18-31(37(46)52-22-11-2)41-39(48)55-29-16-14-27(15-17-29)25-53-38(47)42-32-24-34(50-7)33(49-6)23-30(32)36(45)43-20-12-13-28(43)26-54-56(8,9)40(3,4)5/h10-11,14-17,23-24,28,31H,1-2,12-13,18-22,25-26H2,3-9H3,(H,41,48)(H,42,47). The number of carbonyl (C=O) groups is 5. The SMILES string of the molecule is C=CCOC(=O)CCC(NC(=O)Oc1ccc(COC(=O)Nc2cc(OC)c(OC)cc2C(=O)N2CCCC2CO[Si](C)(C)C(C)(C)C)cc1)C(=O)OCC=C. The largest absolute Gasteiger partial charge is 0.493 e. The number of amides is 3. The number of rotatable bonds is 19. The van der Waals surface area contributed by atoms with Crippen LogP contribution in [0.4, 0.5) is 15.3 Å². The molecule has 15 nitrogen and oxygen atoms in total. The summed E-state index contributed by atoms with van der Waals surface area (Å²) in [5.41, 5.74) is 0.952. The molecule has 0 aromatic heterocycles. The van der Waals surface area contributed by atoms with E-state index < -0.39 is 38.5 Å². The second-order valence-corrected chi connectivity index (χ2v) is 19.3. The number of methoxy groups -OCH3 is 2. The molecule has 3 rings (SSSR count). The minimum absolute atomic E-state index is 0.0131. The zero-order valence-corrected chi connectivity index (χ0v) is 34.4. The van der Waals surface area contributed by atoms with Crippen LogP contribution in [0.5, 0.6) is 17.2 Å². The number of nitrogens with one attached hydrogen (secondary N) is 2. The molecular formula is C40H55N3O12Si. The lowest BCUT2D eigenvalue weighted by Crippen LogP contribution is -2.46. The highest BCUT2D eigenvalue weighted by Crippen LogP contribution is 2.38. The van der Waals surface area contributed by atoms with E-state index in [0.717, 1.165) is 12.8 Å². The number of ether oxygens (including phenoxy) is 6. The second kappa shape index (κ2) is 21.1. The molecule has 2 aromatic carbocycles. The fourth-order valence-corrected chi connectivity index (χ4v) is 6.36. The summed E-state index contributed by atoms with van der Waals surface area (Å²) < 4.78 is 38.2. The summed E-state index contributed by atoms with van der Waals surface area (Å²) in [6, 6.07) is 7.84. The van der Waals surface area contributed by atoms with Crippen molar-refractivity contribution >= 4 is 44.0 Å². The van der Waals surface area contributed by atoms with Gasteiger partial charge in [0.1, 0.15) is 31.6 Å². The molecule has 16 heteroatoms. The van der Waals surface area contributed by atoms with E-state index in [1.54, 1.807) is 23.1 Å². The fourth-order valence-electron chi connectivity index (χ4n) is 5.32. The van der Waals surface area contributed by atoms with E-state index in [4.69, 9.17) is 32.8 Å². The van der Waals surface area contributed by atoms with Gasteiger partial charge in [0.05, 0.1) is 38.1 Å². The van der Waals surface area contributed by atoms with Gasteiger partial charge < -0.3 is 43.1 Å². The lowest BCUT2D eigenvalue weighted by atomic mass is 10.1. The van der Waals surface area contributed by atoms with Gasteiger partial charge in [-0.1, -0.05) is 58.2 Å². The summed E-state index contributed by atoms with van der Waals surface area (Å²) >= 11 is 0. The molecule has 0 aliphatic carbocycles. The first-order chi connectivity index (χ1) is 26.5. The van der Waals surface area contributed by atoms with Crippen LogP contribution in [0.1, 0.15) is 62.4 Å². The van der Waals surface area contributed by atoms with E-state index in [2.05, 4.69) is 57.7 Å². The summed E-state index contributed by atoms with van der Waals surface area (Å²) in [7, 11) is 0.865. The second-order valence-electron chi connectivity index (χ2n) is 14.5. The van der Waals surface area contributed by atoms with Gasteiger partial charge in [-0.25, -0.2) is 14.4 Å². The van der Waals surface area contributed by atoms with E-state index in [9.17, 15) is 24.0 Å². The van der Waals surface area contributed by atoms with Crippen LogP contribution in [0.15, 0.2) is 61.7 Å². The molecule has 1 aliphatic rings. The molecule has 3 amide bonds. The number of esters is 2. The van der Waals surface area contributed by atoms with E-state index in [1.165, 1.54) is 44.6 Å². The van der Waals surface area contributed by atoms with Crippen LogP contribution in [0.25, 0.3) is 0 Å². The Bertz CT molecular complexity index is 1710. The van der Waals surface area contributed by atoms with Crippen molar-refractivity contribution in [2.45, 2.75) is 83.3 Å². The smallest absolute Gasteiger partial charge is 0.413 e. The molecule has 2 aromatic rings. The van der Waals surface area contributed by atoms with Crippen LogP contribution in [0, 0.1) is 0 Å². The van der Waals surface area contributed by atoms with Gasteiger partial charge in [-0.3, -0.25) is 14.9 Å². The summed E-state index contributed by atoms with van der Waals surface area (Å²) in [5, 5.41) is 5.11. The summed E-state index contributed by atoms with van der Waals surface area (Å²) in [6.45, 7) is 18.6. The third-order valence-electron chi connectivity index (χ3n) is 9.49. The average molecular weight is 798 g/mol. The van der Waals surface area contributed by atoms with Crippen LogP contribution in [-0.4, -0.2) is 95.9 Å². The third kappa shape index (κ3) is 13.1. The molecule has 0 spiro atoms. The van der Waals surface area contributed by atoms with Gasteiger partial charge in [0, 0.05) is 19.0 Å². The molecule has 56 heavy (non-hydrogen) atoms. The van der Waals surface area contributed by atoms with Crippen LogP contribution in [-0.2, 0) is 34.8 Å². The Morgan fingerprint density at radius 2 is 1.57 bits per heavy atom. The lowest BCUT2D eigenvalue weighted by molar-refractivity contribution is -0.146. The number of nitrogens with zero attached hydrogens (tertiary/aromatic N) is 1. The minimum Gasteiger partial charge on any atom is -0.493 e. The maximum Gasteiger partial charge on any atom is 0.413 e. The van der Waals surface area contributed by atoms with Crippen molar-refractivity contribution in [1.29, 1.82) is 0 Å². The van der Waals surface area contributed by atoms with Crippen molar-refractivity contribution in [1.82, 2.24) is 10.2 Å². The number of anilines is 1. The van der Waals surface area contributed by atoms with Crippen molar-refractivity contribution in [2.24, 2.45) is 0 Å². The minimum atomic E-state index is -2.05. The first-order valence-electron chi connectivity index (χ1n) is 18.3. The summed E-state index contributed by atoms with van der Waals surface area (Å²) in [4.78, 5) is 66.0. The molecule has 1 aliphatic heterocycles. The predicted octanol–water partition coefficient (Wildman–Crippen LogP) is 6.77. The van der Waals surface area contributed by atoms with E-state index in [0.29, 0.717) is 30.2 Å². The van der Waals surface area contributed by atoms with Gasteiger partial charge in [-0.2, -0.15) is 0 Å². The maximum atomic E-state index is 14.1. The zero-order valence-electron chi connectivity index (χ0n) is 33.4. The van der Waals surface area contributed by atoms with Gasteiger partial charge in [-0.15, -0.1) is 0 Å². The Morgan fingerprint density at radius 3 is 2.20 bits per heavy atom. The van der Waals surface area contributed by atoms with E-state index in [1.807, 2.05) is 0 Å². The molecular weight excluding hydrogens is 743 g/mol. The molecule has 2 unspecified atom stereocenters. The van der Waals surface area contributed by atoms with Crippen molar-refractivity contribution < 1.29 is 56.8 Å². The van der Waals surface area contributed by atoms with Gasteiger partial charge in [-0.05, 0) is 61.2 Å². The lowest BCUT2D eigenvalue weighted by Gasteiger charge is -2.38. The van der Waals surface area contributed by atoms with Crippen LogP contribution in [0.3, 0.4) is 0 Å². The predicted molar refractivity (Wildman–Crippen MR) is 211 cm³/mol. The van der Waals surface area contributed by atoms with Crippen molar-refractivity contribution in [3.63, 3.8) is 0 Å². The Hall–Kier alpha value is -5.35. The van der Waals surface area contributed by atoms with E-state index >= 15 is 0 Å². The molecule has 1 heterocycles. The summed E-state index contributed by atoms with van der Waals surface area (Å²) in [6.07, 6.45) is 2.35. The molecule has 306 valence electrons. The number of benzene rings is 2.